The number of aromatic nitrogens is 2. The smallest absolute Gasteiger partial charge is 0.349 e. The number of para-hydroxylation sites is 1. The molecule has 3 aromatic rings. The molecule has 1 amide bonds. The third-order valence-corrected chi connectivity index (χ3v) is 6.79. The maximum absolute atomic E-state index is 13.0. The maximum atomic E-state index is 13.0. The number of piperazine rings is 1. The van der Waals surface area contributed by atoms with E-state index in [1.54, 1.807) is 23.1 Å². The maximum Gasteiger partial charge on any atom is 0.349 e. The molecule has 172 valence electrons. The van der Waals surface area contributed by atoms with Crippen LogP contribution in [0.5, 0.6) is 0 Å². The first-order chi connectivity index (χ1) is 16.1. The Morgan fingerprint density at radius 2 is 1.76 bits per heavy atom. The van der Waals surface area contributed by atoms with Gasteiger partial charge in [0.25, 0.3) is 5.91 Å². The second kappa shape index (κ2) is 9.21. The van der Waals surface area contributed by atoms with Gasteiger partial charge in [0.2, 0.25) is 0 Å². The summed E-state index contributed by atoms with van der Waals surface area (Å²) in [6.07, 6.45) is 4.82. The van der Waals surface area contributed by atoms with Crippen LogP contribution in [-0.2, 0) is 0 Å². The molecular weight excluding hydrogens is 418 g/mol. The molecule has 5 rings (SSSR count). The summed E-state index contributed by atoms with van der Waals surface area (Å²) in [5, 5.41) is 9.75. The zero-order chi connectivity index (χ0) is 22.8. The molecular formula is C25H29N5O3. The minimum Gasteiger partial charge on any atom is -0.422 e. The summed E-state index contributed by atoms with van der Waals surface area (Å²) in [5.74, 6) is 1.48. The second-order valence-corrected chi connectivity index (χ2v) is 8.77. The van der Waals surface area contributed by atoms with Gasteiger partial charge >= 0.3 is 5.63 Å². The van der Waals surface area contributed by atoms with Gasteiger partial charge in [-0.25, -0.2) is 4.79 Å². The Balaban J connectivity index is 1.24. The van der Waals surface area contributed by atoms with E-state index >= 15 is 0 Å². The fourth-order valence-corrected chi connectivity index (χ4v) is 4.89. The van der Waals surface area contributed by atoms with Crippen molar-refractivity contribution in [1.82, 2.24) is 15.1 Å². The van der Waals surface area contributed by atoms with Crippen molar-refractivity contribution in [3.63, 3.8) is 0 Å². The molecule has 1 atom stereocenters. The minimum absolute atomic E-state index is 0.0818. The van der Waals surface area contributed by atoms with E-state index in [0.29, 0.717) is 37.8 Å². The average molecular weight is 448 g/mol. The molecule has 8 nitrogen and oxygen atoms in total. The summed E-state index contributed by atoms with van der Waals surface area (Å²) in [5.41, 5.74) is -0.0234. The number of carbonyl (C=O) groups is 1. The van der Waals surface area contributed by atoms with Gasteiger partial charge in [0.05, 0.1) is 0 Å². The van der Waals surface area contributed by atoms with Gasteiger partial charge in [-0.2, -0.15) is 0 Å². The van der Waals surface area contributed by atoms with Gasteiger partial charge < -0.3 is 19.1 Å². The molecule has 1 unspecified atom stereocenters. The lowest BCUT2D eigenvalue weighted by atomic mass is 10.0. The third kappa shape index (κ3) is 4.29. The van der Waals surface area contributed by atoms with Crippen molar-refractivity contribution in [1.29, 1.82) is 0 Å². The predicted octanol–water partition coefficient (Wildman–Crippen LogP) is 3.31. The van der Waals surface area contributed by atoms with Crippen molar-refractivity contribution < 1.29 is 9.21 Å². The highest BCUT2D eigenvalue weighted by Crippen LogP contribution is 2.25. The summed E-state index contributed by atoms with van der Waals surface area (Å²) in [6.45, 7) is 5.57. The molecule has 2 aliphatic heterocycles. The van der Waals surface area contributed by atoms with Crippen LogP contribution in [0.3, 0.4) is 0 Å². The van der Waals surface area contributed by atoms with E-state index in [0.717, 1.165) is 30.0 Å². The predicted molar refractivity (Wildman–Crippen MR) is 128 cm³/mol. The number of benzene rings is 1. The van der Waals surface area contributed by atoms with Crippen LogP contribution in [0.1, 0.15) is 43.0 Å². The number of carbonyl (C=O) groups excluding carboxylic acids is 1. The highest BCUT2D eigenvalue weighted by molar-refractivity contribution is 5.96. The number of hydrogen-bond donors (Lipinski definition) is 0. The summed E-state index contributed by atoms with van der Waals surface area (Å²) < 4.78 is 5.34. The Morgan fingerprint density at radius 3 is 2.52 bits per heavy atom. The Bertz CT molecular complexity index is 1180. The summed E-state index contributed by atoms with van der Waals surface area (Å²) in [7, 11) is 0. The van der Waals surface area contributed by atoms with Crippen LogP contribution in [-0.4, -0.2) is 59.8 Å². The normalized spacial score (nSPS) is 19.2. The molecule has 0 spiro atoms. The van der Waals surface area contributed by atoms with Gasteiger partial charge in [-0.15, -0.1) is 10.2 Å². The van der Waals surface area contributed by atoms with E-state index in [-0.39, 0.29) is 11.5 Å². The van der Waals surface area contributed by atoms with Gasteiger partial charge in [-0.3, -0.25) is 4.79 Å². The highest BCUT2D eigenvalue weighted by Gasteiger charge is 2.26. The summed E-state index contributed by atoms with van der Waals surface area (Å²) in [4.78, 5) is 31.6. The van der Waals surface area contributed by atoms with Crippen molar-refractivity contribution >= 4 is 28.5 Å². The lowest BCUT2D eigenvalue weighted by Gasteiger charge is -2.37. The summed E-state index contributed by atoms with van der Waals surface area (Å²) in [6, 6.07) is 13.5. The number of nitrogens with zero attached hydrogens (tertiary/aromatic N) is 5. The molecule has 2 aliphatic rings. The van der Waals surface area contributed by atoms with E-state index in [2.05, 4.69) is 33.0 Å². The molecule has 8 heteroatoms. The molecule has 33 heavy (non-hydrogen) atoms. The number of amides is 1. The van der Waals surface area contributed by atoms with Crippen LogP contribution in [0.15, 0.2) is 51.7 Å². The molecule has 0 radical (unpaired) electrons. The molecule has 2 aromatic heterocycles. The standard InChI is InChI=1S/C25H29N5O3/c1-2-19-8-5-6-12-30(19)23-11-10-22(26-27-23)28-13-15-29(16-14-28)24(31)20-17-18-7-3-4-9-21(18)33-25(20)32/h3-4,7,9-11,17,19H,2,5-6,8,12-16H2,1H3. The quantitative estimate of drug-likeness (QED) is 0.568. The van der Waals surface area contributed by atoms with Gasteiger partial charge in [-0.1, -0.05) is 25.1 Å². The fourth-order valence-electron chi connectivity index (χ4n) is 4.89. The minimum atomic E-state index is -0.592. The SMILES string of the molecule is CCC1CCCCN1c1ccc(N2CCN(C(=O)c3cc4ccccc4oc3=O)CC2)nn1. The number of rotatable bonds is 4. The van der Waals surface area contributed by atoms with Crippen molar-refractivity contribution in [3.05, 3.63) is 58.4 Å². The lowest BCUT2D eigenvalue weighted by molar-refractivity contribution is 0.0742. The van der Waals surface area contributed by atoms with Crippen molar-refractivity contribution in [2.75, 3.05) is 42.5 Å². The zero-order valence-corrected chi connectivity index (χ0v) is 18.9. The van der Waals surface area contributed by atoms with Crippen LogP contribution in [0.25, 0.3) is 11.0 Å². The van der Waals surface area contributed by atoms with Gasteiger partial charge in [0, 0.05) is 44.2 Å². The van der Waals surface area contributed by atoms with E-state index in [9.17, 15) is 9.59 Å². The van der Waals surface area contributed by atoms with E-state index < -0.39 is 5.63 Å². The Kier molecular flexibility index (Phi) is 5.98. The van der Waals surface area contributed by atoms with Crippen LogP contribution in [0.4, 0.5) is 11.6 Å². The number of fused-ring (bicyclic) bond motifs is 1. The average Bonchev–Trinajstić information content (AvgIpc) is 2.88. The highest BCUT2D eigenvalue weighted by atomic mass is 16.4. The van der Waals surface area contributed by atoms with Gasteiger partial charge in [0.15, 0.2) is 11.6 Å². The fraction of sp³-hybridized carbons (Fsp3) is 0.440. The monoisotopic (exact) mass is 447 g/mol. The number of piperidine rings is 1. The van der Waals surface area contributed by atoms with Crippen LogP contribution >= 0.6 is 0 Å². The van der Waals surface area contributed by atoms with Crippen molar-refractivity contribution in [2.45, 2.75) is 38.6 Å². The Morgan fingerprint density at radius 1 is 1.00 bits per heavy atom. The van der Waals surface area contributed by atoms with Crippen molar-refractivity contribution in [3.8, 4) is 0 Å². The molecule has 2 fully saturated rings. The molecule has 4 heterocycles. The first kappa shape index (κ1) is 21.4. The lowest BCUT2D eigenvalue weighted by Crippen LogP contribution is -2.49. The molecule has 0 N–H and O–H groups in total. The first-order valence-corrected chi connectivity index (χ1v) is 11.8. The molecule has 2 saturated heterocycles. The zero-order valence-electron chi connectivity index (χ0n) is 18.9. The first-order valence-electron chi connectivity index (χ1n) is 11.8. The van der Waals surface area contributed by atoms with E-state index in [1.165, 1.54) is 19.3 Å². The molecule has 0 aliphatic carbocycles. The second-order valence-electron chi connectivity index (χ2n) is 8.77. The topological polar surface area (TPSA) is 82.8 Å². The van der Waals surface area contributed by atoms with Crippen LogP contribution < -0.4 is 15.4 Å². The number of anilines is 2. The molecule has 0 saturated carbocycles. The summed E-state index contributed by atoms with van der Waals surface area (Å²) >= 11 is 0. The third-order valence-electron chi connectivity index (χ3n) is 6.79. The van der Waals surface area contributed by atoms with Crippen LogP contribution in [0.2, 0.25) is 0 Å². The Hall–Kier alpha value is -3.42. The Labute approximate surface area is 192 Å². The van der Waals surface area contributed by atoms with Gasteiger partial charge in [-0.05, 0) is 49.9 Å². The molecule has 0 bridgehead atoms. The number of hydrogen-bond acceptors (Lipinski definition) is 7. The van der Waals surface area contributed by atoms with E-state index in [4.69, 9.17) is 4.42 Å². The van der Waals surface area contributed by atoms with Gasteiger partial charge in [0.1, 0.15) is 11.1 Å². The largest absolute Gasteiger partial charge is 0.422 e. The molecule has 1 aromatic carbocycles. The van der Waals surface area contributed by atoms with Crippen LogP contribution in [0, 0.1) is 0 Å². The van der Waals surface area contributed by atoms with Crippen molar-refractivity contribution in [2.24, 2.45) is 0 Å². The van der Waals surface area contributed by atoms with E-state index in [1.807, 2.05) is 18.2 Å².